The maximum absolute atomic E-state index is 12.7. The van der Waals surface area contributed by atoms with Crippen LogP contribution in [0.4, 0.5) is 11.4 Å². The number of hydrazone groups is 1. The Hall–Kier alpha value is -4.72. The molecule has 0 fully saturated rings. The third kappa shape index (κ3) is 7.16. The van der Waals surface area contributed by atoms with Gasteiger partial charge in [0.2, 0.25) is 0 Å². The lowest BCUT2D eigenvalue weighted by Gasteiger charge is -2.11. The highest BCUT2D eigenvalue weighted by atomic mass is 16.5. The van der Waals surface area contributed by atoms with Crippen molar-refractivity contribution in [1.82, 2.24) is 5.43 Å². The molecule has 0 bridgehead atoms. The SMILES string of the molecule is CCOc1ccc(NC(=O)c2ccccc2NC(=O)C(=O)NN=CC=Cc2ccccc2)cc1. The molecule has 3 aromatic carbocycles. The second-order valence-electron chi connectivity index (χ2n) is 6.90. The van der Waals surface area contributed by atoms with Crippen LogP contribution in [-0.2, 0) is 9.59 Å². The average Bonchev–Trinajstić information content (AvgIpc) is 2.86. The number of carbonyl (C=O) groups excluding carboxylic acids is 3. The number of carbonyl (C=O) groups is 3. The van der Waals surface area contributed by atoms with Gasteiger partial charge >= 0.3 is 11.8 Å². The van der Waals surface area contributed by atoms with Gasteiger partial charge in [-0.3, -0.25) is 14.4 Å². The maximum atomic E-state index is 12.7. The molecule has 3 aromatic rings. The number of benzene rings is 3. The Morgan fingerprint density at radius 1 is 0.853 bits per heavy atom. The molecule has 0 unspecified atom stereocenters. The van der Waals surface area contributed by atoms with E-state index in [9.17, 15) is 14.4 Å². The lowest BCUT2D eigenvalue weighted by Crippen LogP contribution is -2.33. The van der Waals surface area contributed by atoms with Crippen molar-refractivity contribution in [2.24, 2.45) is 5.10 Å². The van der Waals surface area contributed by atoms with Gasteiger partial charge in [0.05, 0.1) is 17.9 Å². The van der Waals surface area contributed by atoms with Crippen LogP contribution in [0.2, 0.25) is 0 Å². The third-order valence-electron chi connectivity index (χ3n) is 4.46. The molecule has 3 N–H and O–H groups in total. The topological polar surface area (TPSA) is 109 Å². The van der Waals surface area contributed by atoms with Gasteiger partial charge in [-0.2, -0.15) is 5.10 Å². The maximum Gasteiger partial charge on any atom is 0.329 e. The Balaban J connectivity index is 1.57. The molecule has 0 atom stereocenters. The number of ether oxygens (including phenoxy) is 1. The van der Waals surface area contributed by atoms with Gasteiger partial charge in [0, 0.05) is 11.9 Å². The van der Waals surface area contributed by atoms with E-state index in [0.29, 0.717) is 18.0 Å². The fourth-order valence-corrected chi connectivity index (χ4v) is 2.88. The number of allylic oxidation sites excluding steroid dienone is 1. The van der Waals surface area contributed by atoms with Gasteiger partial charge in [0.1, 0.15) is 5.75 Å². The first kappa shape index (κ1) is 23.9. The first-order valence-electron chi connectivity index (χ1n) is 10.6. The van der Waals surface area contributed by atoms with Gasteiger partial charge < -0.3 is 15.4 Å². The number of para-hydroxylation sites is 1. The van der Waals surface area contributed by atoms with Crippen LogP contribution >= 0.6 is 0 Å². The minimum absolute atomic E-state index is 0.194. The Kier molecular flexibility index (Phi) is 8.69. The van der Waals surface area contributed by atoms with Crippen LogP contribution in [0.1, 0.15) is 22.8 Å². The second-order valence-corrected chi connectivity index (χ2v) is 6.90. The van der Waals surface area contributed by atoms with E-state index in [1.54, 1.807) is 54.6 Å². The summed E-state index contributed by atoms with van der Waals surface area (Å²) < 4.78 is 5.39. The lowest BCUT2D eigenvalue weighted by molar-refractivity contribution is -0.136. The van der Waals surface area contributed by atoms with Gasteiger partial charge in [-0.15, -0.1) is 0 Å². The summed E-state index contributed by atoms with van der Waals surface area (Å²) in [6.45, 7) is 2.43. The predicted octanol–water partition coefficient (Wildman–Crippen LogP) is 4.09. The van der Waals surface area contributed by atoms with E-state index in [1.165, 1.54) is 12.3 Å². The van der Waals surface area contributed by atoms with Crippen molar-refractivity contribution in [2.75, 3.05) is 17.2 Å². The van der Waals surface area contributed by atoms with Crippen molar-refractivity contribution in [1.29, 1.82) is 0 Å². The van der Waals surface area contributed by atoms with Crippen LogP contribution in [0, 0.1) is 0 Å². The van der Waals surface area contributed by atoms with Crippen LogP contribution in [-0.4, -0.2) is 30.5 Å². The van der Waals surface area contributed by atoms with Gasteiger partial charge in [0.15, 0.2) is 0 Å². The largest absolute Gasteiger partial charge is 0.494 e. The number of hydrogen-bond acceptors (Lipinski definition) is 5. The number of hydrogen-bond donors (Lipinski definition) is 3. The number of nitrogens with zero attached hydrogens (tertiary/aromatic N) is 1. The molecule has 0 aliphatic rings. The summed E-state index contributed by atoms with van der Waals surface area (Å²) >= 11 is 0. The van der Waals surface area contributed by atoms with Gasteiger partial charge in [0.25, 0.3) is 5.91 Å². The minimum atomic E-state index is -0.967. The van der Waals surface area contributed by atoms with Crippen molar-refractivity contribution >= 4 is 41.4 Å². The van der Waals surface area contributed by atoms with E-state index in [0.717, 1.165) is 5.56 Å². The monoisotopic (exact) mass is 456 g/mol. The van der Waals surface area contributed by atoms with Crippen molar-refractivity contribution in [3.63, 3.8) is 0 Å². The number of nitrogens with one attached hydrogen (secondary N) is 3. The van der Waals surface area contributed by atoms with Crippen molar-refractivity contribution in [2.45, 2.75) is 6.92 Å². The summed E-state index contributed by atoms with van der Waals surface area (Å²) in [5.74, 6) is -1.67. The molecule has 0 spiro atoms. The minimum Gasteiger partial charge on any atom is -0.494 e. The molecule has 34 heavy (non-hydrogen) atoms. The van der Waals surface area contributed by atoms with Crippen LogP contribution in [0.3, 0.4) is 0 Å². The predicted molar refractivity (Wildman–Crippen MR) is 133 cm³/mol. The molecule has 8 heteroatoms. The van der Waals surface area contributed by atoms with E-state index in [-0.39, 0.29) is 11.3 Å². The highest BCUT2D eigenvalue weighted by Crippen LogP contribution is 2.19. The standard InChI is InChI=1S/C26H24N4O4/c1-2-34-21-16-14-20(15-17-21)28-24(31)22-12-6-7-13-23(22)29-25(32)26(33)30-27-18-8-11-19-9-4-3-5-10-19/h3-18H,2H2,1H3,(H,28,31)(H,29,32)(H,30,33). The Labute approximate surface area is 197 Å². The normalized spacial score (nSPS) is 10.7. The van der Waals surface area contributed by atoms with Gasteiger partial charge in [-0.05, 0) is 55.0 Å². The van der Waals surface area contributed by atoms with Crippen molar-refractivity contribution in [3.05, 3.63) is 96.1 Å². The fourth-order valence-electron chi connectivity index (χ4n) is 2.88. The van der Waals surface area contributed by atoms with E-state index in [1.807, 2.05) is 37.3 Å². The van der Waals surface area contributed by atoms with Crippen LogP contribution in [0.15, 0.2) is 90.0 Å². The molecule has 8 nitrogen and oxygen atoms in total. The molecule has 0 radical (unpaired) electrons. The van der Waals surface area contributed by atoms with Gasteiger partial charge in [-0.1, -0.05) is 48.5 Å². The van der Waals surface area contributed by atoms with E-state index < -0.39 is 17.7 Å². The molecular weight excluding hydrogens is 432 g/mol. The van der Waals surface area contributed by atoms with Crippen LogP contribution < -0.4 is 20.8 Å². The highest BCUT2D eigenvalue weighted by Gasteiger charge is 2.17. The van der Waals surface area contributed by atoms with Crippen molar-refractivity contribution < 1.29 is 19.1 Å². The first-order chi connectivity index (χ1) is 16.6. The molecule has 3 rings (SSSR count). The molecule has 172 valence electrons. The summed E-state index contributed by atoms with van der Waals surface area (Å²) in [6, 6.07) is 22.8. The lowest BCUT2D eigenvalue weighted by atomic mass is 10.1. The highest BCUT2D eigenvalue weighted by molar-refractivity contribution is 6.40. The zero-order valence-corrected chi connectivity index (χ0v) is 18.5. The molecule has 0 aromatic heterocycles. The zero-order valence-electron chi connectivity index (χ0n) is 18.5. The average molecular weight is 457 g/mol. The summed E-state index contributed by atoms with van der Waals surface area (Å²) in [5.41, 5.74) is 4.07. The third-order valence-corrected chi connectivity index (χ3v) is 4.46. The van der Waals surface area contributed by atoms with E-state index >= 15 is 0 Å². The number of amides is 3. The van der Waals surface area contributed by atoms with E-state index in [4.69, 9.17) is 4.74 Å². The van der Waals surface area contributed by atoms with Crippen LogP contribution in [0.5, 0.6) is 5.75 Å². The molecule has 0 heterocycles. The summed E-state index contributed by atoms with van der Waals surface area (Å²) in [5, 5.41) is 8.92. The van der Waals surface area contributed by atoms with E-state index in [2.05, 4.69) is 21.2 Å². The Morgan fingerprint density at radius 2 is 1.56 bits per heavy atom. The number of rotatable bonds is 8. The summed E-state index contributed by atoms with van der Waals surface area (Å²) in [6.07, 6.45) is 4.79. The Bertz CT molecular complexity index is 1190. The molecule has 0 aliphatic heterocycles. The smallest absolute Gasteiger partial charge is 0.329 e. The van der Waals surface area contributed by atoms with Crippen molar-refractivity contribution in [3.8, 4) is 5.75 Å². The zero-order chi connectivity index (χ0) is 24.2. The van der Waals surface area contributed by atoms with Gasteiger partial charge in [-0.25, -0.2) is 5.43 Å². The molecule has 3 amide bonds. The quantitative estimate of drug-likeness (QED) is 0.269. The fraction of sp³-hybridized carbons (Fsp3) is 0.0769. The first-order valence-corrected chi connectivity index (χ1v) is 10.6. The summed E-state index contributed by atoms with van der Waals surface area (Å²) in [7, 11) is 0. The molecule has 0 aliphatic carbocycles. The summed E-state index contributed by atoms with van der Waals surface area (Å²) in [4.78, 5) is 37.1. The molecule has 0 saturated heterocycles. The Morgan fingerprint density at radius 3 is 2.29 bits per heavy atom. The molecular formula is C26H24N4O4. The number of anilines is 2. The van der Waals surface area contributed by atoms with Crippen LogP contribution in [0.25, 0.3) is 6.08 Å². The second kappa shape index (κ2) is 12.4. The molecule has 0 saturated carbocycles.